The number of nitrogens with zero attached hydrogens (tertiary/aromatic N) is 1. The van der Waals surface area contributed by atoms with Gasteiger partial charge in [0.05, 0.1) is 6.20 Å². The Balaban J connectivity index is 2.79. The van der Waals surface area contributed by atoms with E-state index in [4.69, 9.17) is 4.42 Å². The van der Waals surface area contributed by atoms with Gasteiger partial charge in [0, 0.05) is 11.0 Å². The average Bonchev–Trinajstić information content (AvgIpc) is 2.29. The third-order valence-electron chi connectivity index (χ3n) is 1.73. The van der Waals surface area contributed by atoms with Crippen LogP contribution in [0.25, 0.3) is 0 Å². The van der Waals surface area contributed by atoms with Gasteiger partial charge in [-0.2, -0.15) is 0 Å². The van der Waals surface area contributed by atoms with Crippen LogP contribution in [0.3, 0.4) is 0 Å². The lowest BCUT2D eigenvalue weighted by molar-refractivity contribution is 0.409. The predicted molar refractivity (Wildman–Crippen MR) is 58.6 cm³/mol. The molecule has 3 nitrogen and oxygen atoms in total. The van der Waals surface area contributed by atoms with Crippen LogP contribution in [0.5, 0.6) is 0 Å². The standard InChI is InChI=1S/C11H20N2O/c1-10(2,3)8-7-12-9(14-8)13-11(4,5)6/h7H,1-6H3,(H,12,13). The molecule has 0 aliphatic carbocycles. The van der Waals surface area contributed by atoms with E-state index >= 15 is 0 Å². The van der Waals surface area contributed by atoms with Crippen LogP contribution in [-0.4, -0.2) is 10.5 Å². The first-order valence-corrected chi connectivity index (χ1v) is 4.93. The second-order valence-corrected chi connectivity index (χ2v) is 5.65. The third-order valence-corrected chi connectivity index (χ3v) is 1.73. The molecule has 0 aromatic carbocycles. The molecule has 1 aromatic rings. The lowest BCUT2D eigenvalue weighted by atomic mass is 9.94. The normalized spacial score (nSPS) is 13.0. The molecule has 0 amide bonds. The molecular formula is C11H20N2O. The zero-order valence-corrected chi connectivity index (χ0v) is 9.93. The molecule has 0 spiro atoms. The summed E-state index contributed by atoms with van der Waals surface area (Å²) in [5.41, 5.74) is 0.00478. The highest BCUT2D eigenvalue weighted by molar-refractivity contribution is 5.26. The van der Waals surface area contributed by atoms with Crippen molar-refractivity contribution in [2.45, 2.75) is 52.5 Å². The van der Waals surface area contributed by atoms with Gasteiger partial charge in [0.25, 0.3) is 6.01 Å². The highest BCUT2D eigenvalue weighted by Crippen LogP contribution is 2.25. The fraction of sp³-hybridized carbons (Fsp3) is 0.727. The van der Waals surface area contributed by atoms with Gasteiger partial charge in [-0.25, -0.2) is 4.98 Å². The van der Waals surface area contributed by atoms with Crippen LogP contribution >= 0.6 is 0 Å². The molecule has 1 rings (SSSR count). The molecule has 0 atom stereocenters. The van der Waals surface area contributed by atoms with Gasteiger partial charge in [-0.05, 0) is 20.8 Å². The Morgan fingerprint density at radius 2 is 1.71 bits per heavy atom. The number of hydrogen-bond donors (Lipinski definition) is 1. The molecule has 0 unspecified atom stereocenters. The topological polar surface area (TPSA) is 38.1 Å². The van der Waals surface area contributed by atoms with Crippen LogP contribution in [0.15, 0.2) is 10.6 Å². The van der Waals surface area contributed by atoms with E-state index in [1.807, 2.05) is 0 Å². The molecule has 0 aliphatic rings. The number of hydrogen-bond acceptors (Lipinski definition) is 3. The minimum atomic E-state index is -0.0139. The van der Waals surface area contributed by atoms with E-state index < -0.39 is 0 Å². The van der Waals surface area contributed by atoms with Gasteiger partial charge in [0.15, 0.2) is 0 Å². The number of rotatable bonds is 1. The van der Waals surface area contributed by atoms with E-state index in [0.29, 0.717) is 6.01 Å². The van der Waals surface area contributed by atoms with Crippen molar-refractivity contribution < 1.29 is 4.42 Å². The summed E-state index contributed by atoms with van der Waals surface area (Å²) >= 11 is 0. The molecule has 1 N–H and O–H groups in total. The number of nitrogens with one attached hydrogen (secondary N) is 1. The molecule has 0 saturated heterocycles. The van der Waals surface area contributed by atoms with E-state index in [1.165, 1.54) is 0 Å². The van der Waals surface area contributed by atoms with Gasteiger partial charge >= 0.3 is 0 Å². The maximum absolute atomic E-state index is 5.60. The Morgan fingerprint density at radius 1 is 1.14 bits per heavy atom. The summed E-state index contributed by atoms with van der Waals surface area (Å²) in [7, 11) is 0. The van der Waals surface area contributed by atoms with Crippen LogP contribution in [0, 0.1) is 0 Å². The lowest BCUT2D eigenvalue weighted by Gasteiger charge is -2.19. The van der Waals surface area contributed by atoms with E-state index in [0.717, 1.165) is 5.76 Å². The van der Waals surface area contributed by atoms with E-state index in [2.05, 4.69) is 51.8 Å². The van der Waals surface area contributed by atoms with Crippen molar-refractivity contribution in [2.75, 3.05) is 5.32 Å². The van der Waals surface area contributed by atoms with Crippen molar-refractivity contribution >= 4 is 6.01 Å². The second kappa shape index (κ2) is 3.30. The highest BCUT2D eigenvalue weighted by Gasteiger charge is 2.20. The predicted octanol–water partition coefficient (Wildman–Crippen LogP) is 3.18. The van der Waals surface area contributed by atoms with E-state index in [-0.39, 0.29) is 11.0 Å². The summed E-state index contributed by atoms with van der Waals surface area (Å²) in [6, 6.07) is 0.599. The van der Waals surface area contributed by atoms with Gasteiger partial charge in [-0.3, -0.25) is 0 Å². The zero-order valence-electron chi connectivity index (χ0n) is 9.93. The summed E-state index contributed by atoms with van der Waals surface area (Å²) in [5, 5.41) is 3.20. The lowest BCUT2D eigenvalue weighted by Crippen LogP contribution is -2.26. The first-order valence-electron chi connectivity index (χ1n) is 4.93. The van der Waals surface area contributed by atoms with Crippen LogP contribution < -0.4 is 5.32 Å². The van der Waals surface area contributed by atoms with Crippen LogP contribution in [-0.2, 0) is 5.41 Å². The first-order chi connectivity index (χ1) is 6.18. The molecule has 1 aromatic heterocycles. The fourth-order valence-corrected chi connectivity index (χ4v) is 0.999. The van der Waals surface area contributed by atoms with Gasteiger partial charge in [-0.15, -0.1) is 0 Å². The molecule has 14 heavy (non-hydrogen) atoms. The summed E-state index contributed by atoms with van der Waals surface area (Å²) in [6.07, 6.45) is 1.79. The minimum Gasteiger partial charge on any atom is -0.428 e. The Kier molecular flexibility index (Phi) is 2.61. The molecule has 1 heterocycles. The van der Waals surface area contributed by atoms with Crippen molar-refractivity contribution in [3.8, 4) is 0 Å². The summed E-state index contributed by atoms with van der Waals surface area (Å²) in [6.45, 7) is 12.5. The summed E-state index contributed by atoms with van der Waals surface area (Å²) in [5.74, 6) is 0.907. The Morgan fingerprint density at radius 3 is 2.07 bits per heavy atom. The molecule has 0 aliphatic heterocycles. The number of aromatic nitrogens is 1. The quantitative estimate of drug-likeness (QED) is 0.749. The van der Waals surface area contributed by atoms with Crippen LogP contribution in [0.4, 0.5) is 6.01 Å². The second-order valence-electron chi connectivity index (χ2n) is 5.65. The largest absolute Gasteiger partial charge is 0.428 e. The summed E-state index contributed by atoms with van der Waals surface area (Å²) in [4.78, 5) is 4.19. The number of oxazole rings is 1. The summed E-state index contributed by atoms with van der Waals surface area (Å²) < 4.78 is 5.60. The van der Waals surface area contributed by atoms with Gasteiger partial charge in [-0.1, -0.05) is 20.8 Å². The molecule has 0 bridgehead atoms. The Labute approximate surface area is 85.9 Å². The van der Waals surface area contributed by atoms with E-state index in [1.54, 1.807) is 6.20 Å². The van der Waals surface area contributed by atoms with Crippen molar-refractivity contribution in [1.29, 1.82) is 0 Å². The molecule has 3 heteroatoms. The average molecular weight is 196 g/mol. The SMILES string of the molecule is CC(C)(C)Nc1ncc(C(C)(C)C)o1. The van der Waals surface area contributed by atoms with Gasteiger partial charge in [0.1, 0.15) is 5.76 Å². The van der Waals surface area contributed by atoms with Gasteiger partial charge < -0.3 is 9.73 Å². The van der Waals surface area contributed by atoms with Crippen molar-refractivity contribution in [1.82, 2.24) is 4.98 Å². The van der Waals surface area contributed by atoms with Crippen molar-refractivity contribution in [3.63, 3.8) is 0 Å². The maximum atomic E-state index is 5.60. The first kappa shape index (κ1) is 11.1. The monoisotopic (exact) mass is 196 g/mol. The van der Waals surface area contributed by atoms with E-state index in [9.17, 15) is 0 Å². The highest BCUT2D eigenvalue weighted by atomic mass is 16.4. The molecule has 0 saturated carbocycles. The minimum absolute atomic E-state index is 0.0139. The zero-order chi connectivity index (χ0) is 11.0. The Bertz CT molecular complexity index is 302. The molecule has 0 fully saturated rings. The molecule has 80 valence electrons. The smallest absolute Gasteiger partial charge is 0.295 e. The third kappa shape index (κ3) is 3.05. The van der Waals surface area contributed by atoms with Crippen molar-refractivity contribution in [3.05, 3.63) is 12.0 Å². The maximum Gasteiger partial charge on any atom is 0.295 e. The van der Waals surface area contributed by atoms with Crippen molar-refractivity contribution in [2.24, 2.45) is 0 Å². The Hall–Kier alpha value is -0.990. The van der Waals surface area contributed by atoms with Gasteiger partial charge in [0.2, 0.25) is 0 Å². The molecular weight excluding hydrogens is 176 g/mol. The van der Waals surface area contributed by atoms with Crippen LogP contribution in [0.2, 0.25) is 0 Å². The fourth-order valence-electron chi connectivity index (χ4n) is 0.999. The number of anilines is 1. The van der Waals surface area contributed by atoms with Crippen LogP contribution in [0.1, 0.15) is 47.3 Å². The molecule has 0 radical (unpaired) electrons.